The van der Waals surface area contributed by atoms with Gasteiger partial charge in [-0.3, -0.25) is 4.79 Å². The van der Waals surface area contributed by atoms with Gasteiger partial charge < -0.3 is 0 Å². The van der Waals surface area contributed by atoms with Crippen LogP contribution in [0.2, 0.25) is 0 Å². The molecule has 19 heavy (non-hydrogen) atoms. The van der Waals surface area contributed by atoms with E-state index < -0.39 is 0 Å². The molecule has 0 spiro atoms. The van der Waals surface area contributed by atoms with E-state index in [1.165, 1.54) is 0 Å². The second-order valence-electron chi connectivity index (χ2n) is 4.02. The minimum atomic E-state index is -0.129. The molecule has 0 aliphatic heterocycles. The molecule has 0 N–H and O–H groups in total. The predicted octanol–water partition coefficient (Wildman–Crippen LogP) is 3.23. The van der Waals surface area contributed by atoms with Gasteiger partial charge in [-0.1, -0.05) is 60.7 Å². The molecule has 3 aromatic rings. The lowest BCUT2D eigenvalue weighted by Gasteiger charge is -2.01. The Labute approximate surface area is 114 Å². The summed E-state index contributed by atoms with van der Waals surface area (Å²) in [6.07, 6.45) is 0. The summed E-state index contributed by atoms with van der Waals surface area (Å²) >= 11 is 1.06. The summed E-state index contributed by atoms with van der Waals surface area (Å²) in [4.78, 5) is 12.5. The van der Waals surface area contributed by atoms with Gasteiger partial charge in [-0.25, -0.2) is 0 Å². The van der Waals surface area contributed by atoms with Gasteiger partial charge in [0.2, 0.25) is 5.43 Å². The van der Waals surface area contributed by atoms with Crippen LogP contribution in [0.1, 0.15) is 0 Å². The molecule has 0 aliphatic rings. The normalized spacial score (nSPS) is 10.3. The van der Waals surface area contributed by atoms with Crippen LogP contribution in [-0.2, 0) is 0 Å². The van der Waals surface area contributed by atoms with E-state index in [2.05, 4.69) is 8.75 Å². The van der Waals surface area contributed by atoms with Gasteiger partial charge in [0, 0.05) is 11.1 Å². The van der Waals surface area contributed by atoms with Crippen LogP contribution in [0.15, 0.2) is 65.5 Å². The molecule has 0 unspecified atom stereocenters. The summed E-state index contributed by atoms with van der Waals surface area (Å²) in [5.41, 5.74) is 2.43. The molecular weight excluding hydrogens is 256 g/mol. The Morgan fingerprint density at radius 2 is 1.11 bits per heavy atom. The maximum atomic E-state index is 12.5. The third kappa shape index (κ3) is 2.30. The Morgan fingerprint density at radius 1 is 0.684 bits per heavy atom. The molecule has 0 bridgehead atoms. The van der Waals surface area contributed by atoms with Gasteiger partial charge in [-0.05, 0) is 0 Å². The van der Waals surface area contributed by atoms with Crippen LogP contribution < -0.4 is 5.43 Å². The van der Waals surface area contributed by atoms with E-state index in [4.69, 9.17) is 0 Å². The van der Waals surface area contributed by atoms with Gasteiger partial charge in [-0.15, -0.1) is 0 Å². The topological polar surface area (TPSA) is 42.9 Å². The molecule has 92 valence electrons. The van der Waals surface area contributed by atoms with Crippen molar-refractivity contribution in [3.05, 3.63) is 70.9 Å². The highest BCUT2D eigenvalue weighted by atomic mass is 32.1. The lowest BCUT2D eigenvalue weighted by Crippen LogP contribution is -2.10. The first-order valence-electron chi connectivity index (χ1n) is 5.84. The zero-order chi connectivity index (χ0) is 13.1. The number of hydrogen-bond donors (Lipinski definition) is 0. The number of aromatic nitrogens is 2. The SMILES string of the molecule is O=c1c(-c2ccccc2)nsnc1-c1ccccc1. The van der Waals surface area contributed by atoms with E-state index in [1.54, 1.807) is 0 Å². The zero-order valence-corrected chi connectivity index (χ0v) is 10.8. The van der Waals surface area contributed by atoms with Crippen molar-refractivity contribution >= 4 is 11.7 Å². The first-order chi connectivity index (χ1) is 9.36. The molecule has 0 amide bonds. The van der Waals surface area contributed by atoms with Crippen molar-refractivity contribution in [3.63, 3.8) is 0 Å². The Morgan fingerprint density at radius 3 is 1.53 bits per heavy atom. The summed E-state index contributed by atoms with van der Waals surface area (Å²) in [5, 5.41) is 0. The highest BCUT2D eigenvalue weighted by molar-refractivity contribution is 6.99. The molecule has 1 aromatic heterocycles. The van der Waals surface area contributed by atoms with Gasteiger partial charge >= 0.3 is 0 Å². The molecule has 0 radical (unpaired) electrons. The van der Waals surface area contributed by atoms with Crippen molar-refractivity contribution in [2.45, 2.75) is 0 Å². The van der Waals surface area contributed by atoms with Crippen molar-refractivity contribution in [1.29, 1.82) is 0 Å². The third-order valence-electron chi connectivity index (χ3n) is 2.79. The summed E-state index contributed by atoms with van der Waals surface area (Å²) in [7, 11) is 0. The lowest BCUT2D eigenvalue weighted by molar-refractivity contribution is 1.34. The smallest absolute Gasteiger partial charge is 0.233 e. The van der Waals surface area contributed by atoms with Crippen molar-refractivity contribution in [2.24, 2.45) is 0 Å². The van der Waals surface area contributed by atoms with Crippen LogP contribution in [0.25, 0.3) is 22.5 Å². The minimum absolute atomic E-state index is 0.129. The Kier molecular flexibility index (Phi) is 3.16. The maximum Gasteiger partial charge on any atom is 0.233 e. The van der Waals surface area contributed by atoms with E-state index in [9.17, 15) is 4.79 Å². The molecule has 0 saturated carbocycles. The summed E-state index contributed by atoms with van der Waals surface area (Å²) in [5.74, 6) is 0. The summed E-state index contributed by atoms with van der Waals surface area (Å²) in [6.45, 7) is 0. The Balaban J connectivity index is 2.18. The molecule has 0 saturated heterocycles. The highest BCUT2D eigenvalue weighted by Gasteiger charge is 2.11. The molecule has 3 nitrogen and oxygen atoms in total. The summed E-state index contributed by atoms with van der Waals surface area (Å²) in [6, 6.07) is 18.9. The van der Waals surface area contributed by atoms with Crippen LogP contribution >= 0.6 is 11.7 Å². The molecular formula is C15H10N2OS. The second kappa shape index (κ2) is 5.12. The second-order valence-corrected chi connectivity index (χ2v) is 4.55. The number of rotatable bonds is 2. The molecule has 0 fully saturated rings. The molecule has 2 aromatic carbocycles. The average Bonchev–Trinajstić information content (AvgIpc) is 2.49. The van der Waals surface area contributed by atoms with Crippen molar-refractivity contribution in [1.82, 2.24) is 8.75 Å². The number of hydrogen-bond acceptors (Lipinski definition) is 4. The van der Waals surface area contributed by atoms with Gasteiger partial charge in [-0.2, -0.15) is 8.75 Å². The van der Waals surface area contributed by atoms with Crippen LogP contribution in [0.3, 0.4) is 0 Å². The fraction of sp³-hybridized carbons (Fsp3) is 0. The standard InChI is InChI=1S/C15H10N2OS/c18-15-13(11-7-3-1-4-8-11)16-19-17-14(15)12-9-5-2-6-10-12/h1-10H. The minimum Gasteiger partial charge on any atom is -0.285 e. The number of nitrogens with zero attached hydrogens (tertiary/aromatic N) is 2. The predicted molar refractivity (Wildman–Crippen MR) is 77.1 cm³/mol. The maximum absolute atomic E-state index is 12.5. The molecule has 0 atom stereocenters. The zero-order valence-electron chi connectivity index (χ0n) is 9.98. The Hall–Kier alpha value is -2.33. The van der Waals surface area contributed by atoms with Gasteiger partial charge in [0.25, 0.3) is 0 Å². The van der Waals surface area contributed by atoms with E-state index in [0.717, 1.165) is 22.9 Å². The molecule has 1 heterocycles. The van der Waals surface area contributed by atoms with E-state index in [0.29, 0.717) is 11.4 Å². The fourth-order valence-corrected chi connectivity index (χ4v) is 2.44. The van der Waals surface area contributed by atoms with E-state index >= 15 is 0 Å². The van der Waals surface area contributed by atoms with Gasteiger partial charge in [0.1, 0.15) is 11.4 Å². The quantitative estimate of drug-likeness (QED) is 0.715. The molecule has 3 rings (SSSR count). The van der Waals surface area contributed by atoms with Gasteiger partial charge in [0.15, 0.2) is 0 Å². The molecule has 0 aliphatic carbocycles. The first kappa shape index (κ1) is 11.7. The van der Waals surface area contributed by atoms with Crippen molar-refractivity contribution in [3.8, 4) is 22.5 Å². The van der Waals surface area contributed by atoms with Crippen molar-refractivity contribution in [2.75, 3.05) is 0 Å². The average molecular weight is 266 g/mol. The molecule has 4 heteroatoms. The number of benzene rings is 2. The summed E-state index contributed by atoms with van der Waals surface area (Å²) < 4.78 is 8.31. The lowest BCUT2D eigenvalue weighted by atomic mass is 10.1. The van der Waals surface area contributed by atoms with Crippen LogP contribution in [-0.4, -0.2) is 8.75 Å². The monoisotopic (exact) mass is 266 g/mol. The highest BCUT2D eigenvalue weighted by Crippen LogP contribution is 2.18. The van der Waals surface area contributed by atoms with Crippen LogP contribution in [0.5, 0.6) is 0 Å². The Bertz CT molecular complexity index is 678. The third-order valence-corrected chi connectivity index (χ3v) is 3.32. The van der Waals surface area contributed by atoms with Crippen molar-refractivity contribution < 1.29 is 0 Å². The largest absolute Gasteiger partial charge is 0.285 e. The fourth-order valence-electron chi connectivity index (χ4n) is 1.86. The first-order valence-corrected chi connectivity index (χ1v) is 6.57. The van der Waals surface area contributed by atoms with Crippen LogP contribution in [0.4, 0.5) is 0 Å². The van der Waals surface area contributed by atoms with Crippen LogP contribution in [0, 0.1) is 0 Å². The van der Waals surface area contributed by atoms with E-state index in [1.807, 2.05) is 60.7 Å². The van der Waals surface area contributed by atoms with E-state index in [-0.39, 0.29) is 5.43 Å². The van der Waals surface area contributed by atoms with Gasteiger partial charge in [0.05, 0.1) is 11.7 Å².